The van der Waals surface area contributed by atoms with Crippen molar-refractivity contribution in [3.8, 4) is 11.5 Å². The number of hydrogen-bond donors (Lipinski definition) is 3. The highest BCUT2D eigenvalue weighted by Crippen LogP contribution is 2.36. The van der Waals surface area contributed by atoms with Crippen LogP contribution in [0.5, 0.6) is 11.5 Å². The number of benzene rings is 3. The number of phenolic OH excluding ortho intramolecular Hbond substituents is 2. The second-order valence-electron chi connectivity index (χ2n) is 4.76. The molecule has 3 nitrogen and oxygen atoms in total. The molecule has 0 heterocycles. The van der Waals surface area contributed by atoms with E-state index < -0.39 is 6.04 Å². The summed E-state index contributed by atoms with van der Waals surface area (Å²) in [5.74, 6) is 0.270. The van der Waals surface area contributed by atoms with Crippen LogP contribution < -0.4 is 5.73 Å². The van der Waals surface area contributed by atoms with Crippen LogP contribution in [0.2, 0.25) is 0 Å². The third-order valence-corrected chi connectivity index (χ3v) is 3.53. The van der Waals surface area contributed by atoms with Crippen molar-refractivity contribution >= 4 is 10.8 Å². The molecular weight excluding hydrogens is 250 g/mol. The summed E-state index contributed by atoms with van der Waals surface area (Å²) in [4.78, 5) is 0. The lowest BCUT2D eigenvalue weighted by Crippen LogP contribution is -2.12. The van der Waals surface area contributed by atoms with Gasteiger partial charge in [0.25, 0.3) is 0 Å². The van der Waals surface area contributed by atoms with Gasteiger partial charge in [0.1, 0.15) is 11.5 Å². The fourth-order valence-corrected chi connectivity index (χ4v) is 2.52. The van der Waals surface area contributed by atoms with Crippen molar-refractivity contribution < 1.29 is 10.2 Å². The molecule has 1 atom stereocenters. The molecule has 0 amide bonds. The Morgan fingerprint density at radius 1 is 0.750 bits per heavy atom. The van der Waals surface area contributed by atoms with Gasteiger partial charge in [0.05, 0.1) is 6.04 Å². The van der Waals surface area contributed by atoms with Gasteiger partial charge in [-0.3, -0.25) is 0 Å². The fraction of sp³-hybridized carbons (Fsp3) is 0.0588. The van der Waals surface area contributed by atoms with Gasteiger partial charge in [-0.05, 0) is 22.9 Å². The van der Waals surface area contributed by atoms with E-state index in [0.717, 1.165) is 10.8 Å². The molecule has 3 aromatic carbocycles. The van der Waals surface area contributed by atoms with Crippen molar-refractivity contribution in [3.05, 3.63) is 71.8 Å². The first-order valence-corrected chi connectivity index (χ1v) is 6.42. The molecule has 0 saturated carbocycles. The lowest BCUT2D eigenvalue weighted by atomic mass is 9.93. The van der Waals surface area contributed by atoms with Crippen molar-refractivity contribution in [3.63, 3.8) is 0 Å². The van der Waals surface area contributed by atoms with Crippen LogP contribution in [0.15, 0.2) is 60.7 Å². The van der Waals surface area contributed by atoms with Gasteiger partial charge in [-0.25, -0.2) is 0 Å². The van der Waals surface area contributed by atoms with E-state index in [9.17, 15) is 10.2 Å². The molecule has 0 aromatic heterocycles. The Balaban J connectivity index is 2.24. The van der Waals surface area contributed by atoms with Crippen LogP contribution in [-0.4, -0.2) is 10.2 Å². The molecule has 0 bridgehead atoms. The number of nitrogens with two attached hydrogens (primary N) is 1. The predicted molar refractivity (Wildman–Crippen MR) is 79.8 cm³/mol. The number of phenols is 2. The lowest BCUT2D eigenvalue weighted by molar-refractivity contribution is 0.456. The van der Waals surface area contributed by atoms with Gasteiger partial charge in [0.15, 0.2) is 0 Å². The third kappa shape index (κ3) is 1.98. The van der Waals surface area contributed by atoms with E-state index >= 15 is 0 Å². The Labute approximate surface area is 116 Å². The molecule has 0 aliphatic rings. The minimum absolute atomic E-state index is 0.132. The molecule has 4 N–H and O–H groups in total. The molecule has 20 heavy (non-hydrogen) atoms. The Morgan fingerprint density at radius 3 is 2.25 bits per heavy atom. The number of hydrogen-bond acceptors (Lipinski definition) is 3. The van der Waals surface area contributed by atoms with E-state index in [1.165, 1.54) is 0 Å². The highest BCUT2D eigenvalue weighted by molar-refractivity contribution is 5.88. The van der Waals surface area contributed by atoms with Crippen LogP contribution >= 0.6 is 0 Å². The van der Waals surface area contributed by atoms with E-state index in [-0.39, 0.29) is 11.5 Å². The standard InChI is InChI=1S/C17H15NO2/c18-17(13-7-3-4-8-14(13)19)16-12-6-2-1-5-11(12)9-10-15(16)20/h1-10,17,19-20H,18H2. The zero-order valence-electron chi connectivity index (χ0n) is 10.8. The predicted octanol–water partition coefficient (Wildman–Crippen LogP) is 3.30. The minimum atomic E-state index is -0.581. The third-order valence-electron chi connectivity index (χ3n) is 3.53. The highest BCUT2D eigenvalue weighted by atomic mass is 16.3. The van der Waals surface area contributed by atoms with Crippen LogP contribution in [0.25, 0.3) is 10.8 Å². The first-order valence-electron chi connectivity index (χ1n) is 6.42. The largest absolute Gasteiger partial charge is 0.508 e. The number of para-hydroxylation sites is 1. The summed E-state index contributed by atoms with van der Waals surface area (Å²) < 4.78 is 0. The fourth-order valence-electron chi connectivity index (χ4n) is 2.52. The van der Waals surface area contributed by atoms with Crippen molar-refractivity contribution in [2.45, 2.75) is 6.04 Å². The Morgan fingerprint density at radius 2 is 1.45 bits per heavy atom. The monoisotopic (exact) mass is 265 g/mol. The smallest absolute Gasteiger partial charge is 0.121 e. The molecule has 3 rings (SSSR count). The van der Waals surface area contributed by atoms with E-state index in [4.69, 9.17) is 5.73 Å². The van der Waals surface area contributed by atoms with Crippen LogP contribution in [0, 0.1) is 0 Å². The van der Waals surface area contributed by atoms with Crippen molar-refractivity contribution in [1.82, 2.24) is 0 Å². The van der Waals surface area contributed by atoms with Crippen molar-refractivity contribution in [2.24, 2.45) is 5.73 Å². The Kier molecular flexibility index (Phi) is 3.05. The van der Waals surface area contributed by atoms with E-state index in [1.54, 1.807) is 24.3 Å². The zero-order valence-corrected chi connectivity index (χ0v) is 10.8. The molecule has 0 aliphatic carbocycles. The quantitative estimate of drug-likeness (QED) is 0.666. The van der Waals surface area contributed by atoms with Crippen LogP contribution in [0.4, 0.5) is 0 Å². The number of fused-ring (bicyclic) bond motifs is 1. The van der Waals surface area contributed by atoms with Gasteiger partial charge in [0.2, 0.25) is 0 Å². The molecule has 0 fully saturated rings. The average Bonchev–Trinajstić information content (AvgIpc) is 2.47. The molecule has 3 heteroatoms. The molecule has 100 valence electrons. The van der Waals surface area contributed by atoms with Crippen LogP contribution in [-0.2, 0) is 0 Å². The topological polar surface area (TPSA) is 66.5 Å². The highest BCUT2D eigenvalue weighted by Gasteiger charge is 2.18. The van der Waals surface area contributed by atoms with Gasteiger partial charge in [-0.1, -0.05) is 48.5 Å². The van der Waals surface area contributed by atoms with Crippen LogP contribution in [0.3, 0.4) is 0 Å². The maximum absolute atomic E-state index is 10.2. The molecule has 3 aromatic rings. The first kappa shape index (κ1) is 12.5. The molecule has 0 spiro atoms. The maximum Gasteiger partial charge on any atom is 0.121 e. The first-order chi connectivity index (χ1) is 9.68. The average molecular weight is 265 g/mol. The SMILES string of the molecule is NC(c1ccccc1O)c1c(O)ccc2ccccc12. The molecule has 0 saturated heterocycles. The number of rotatable bonds is 2. The summed E-state index contributed by atoms with van der Waals surface area (Å²) in [6.07, 6.45) is 0. The summed E-state index contributed by atoms with van der Waals surface area (Å²) in [6, 6.07) is 17.6. The lowest BCUT2D eigenvalue weighted by Gasteiger charge is -2.17. The minimum Gasteiger partial charge on any atom is -0.508 e. The van der Waals surface area contributed by atoms with E-state index in [0.29, 0.717) is 11.1 Å². The maximum atomic E-state index is 10.2. The molecular formula is C17H15NO2. The van der Waals surface area contributed by atoms with Crippen molar-refractivity contribution in [2.75, 3.05) is 0 Å². The second-order valence-corrected chi connectivity index (χ2v) is 4.76. The molecule has 0 aliphatic heterocycles. The number of aromatic hydroxyl groups is 2. The normalized spacial score (nSPS) is 12.4. The summed E-state index contributed by atoms with van der Waals surface area (Å²) in [7, 11) is 0. The van der Waals surface area contributed by atoms with E-state index in [1.807, 2.05) is 36.4 Å². The Hall–Kier alpha value is -2.52. The summed E-state index contributed by atoms with van der Waals surface area (Å²) in [5, 5.41) is 22.0. The van der Waals surface area contributed by atoms with Gasteiger partial charge >= 0.3 is 0 Å². The summed E-state index contributed by atoms with van der Waals surface area (Å²) >= 11 is 0. The Bertz CT molecular complexity index is 768. The summed E-state index contributed by atoms with van der Waals surface area (Å²) in [5.41, 5.74) is 7.49. The molecule has 0 radical (unpaired) electrons. The van der Waals surface area contributed by atoms with Crippen molar-refractivity contribution in [1.29, 1.82) is 0 Å². The summed E-state index contributed by atoms with van der Waals surface area (Å²) in [6.45, 7) is 0. The zero-order chi connectivity index (χ0) is 14.1. The van der Waals surface area contributed by atoms with Gasteiger partial charge in [0, 0.05) is 11.1 Å². The van der Waals surface area contributed by atoms with E-state index in [2.05, 4.69) is 0 Å². The second kappa shape index (κ2) is 4.87. The van der Waals surface area contributed by atoms with Gasteiger partial charge in [-0.2, -0.15) is 0 Å². The van der Waals surface area contributed by atoms with Gasteiger partial charge in [-0.15, -0.1) is 0 Å². The van der Waals surface area contributed by atoms with Crippen LogP contribution in [0.1, 0.15) is 17.2 Å². The van der Waals surface area contributed by atoms with Gasteiger partial charge < -0.3 is 15.9 Å². The molecule has 1 unspecified atom stereocenters.